The molecule has 0 N–H and O–H groups in total. The van der Waals surface area contributed by atoms with Crippen LogP contribution in [0.5, 0.6) is 0 Å². The Morgan fingerprint density at radius 1 is 0.476 bits per heavy atom. The van der Waals surface area contributed by atoms with Crippen molar-refractivity contribution in [2.24, 2.45) is 34.0 Å². The van der Waals surface area contributed by atoms with Crippen molar-refractivity contribution in [2.75, 3.05) is 0 Å². The molecule has 0 spiro atoms. The zero-order valence-corrected chi connectivity index (χ0v) is 26.6. The van der Waals surface area contributed by atoms with Crippen LogP contribution in [0.3, 0.4) is 0 Å². The molecule has 0 aliphatic carbocycles. The molecular formula is C33H48O9. The minimum absolute atomic E-state index is 0.109. The van der Waals surface area contributed by atoms with Gasteiger partial charge in [0.1, 0.15) is 17.8 Å². The lowest BCUT2D eigenvalue weighted by molar-refractivity contribution is -0.148. The molecule has 6 atom stereocenters. The Kier molecular flexibility index (Phi) is 12.4. The molecule has 0 aromatic carbocycles. The minimum atomic E-state index is -0.628. The number of cyclic esters (lactones) is 3. The minimum Gasteiger partial charge on any atom is -0.453 e. The van der Waals surface area contributed by atoms with Crippen LogP contribution >= 0.6 is 0 Å². The lowest BCUT2D eigenvalue weighted by Gasteiger charge is -2.23. The Labute approximate surface area is 250 Å². The maximum Gasteiger partial charge on any atom is 0.317 e. The van der Waals surface area contributed by atoms with Gasteiger partial charge in [-0.1, -0.05) is 80.5 Å². The number of carbonyl (C=O) groups excluding carboxylic acids is 6. The van der Waals surface area contributed by atoms with E-state index in [0.717, 1.165) is 0 Å². The molecule has 234 valence electrons. The van der Waals surface area contributed by atoms with E-state index in [1.165, 1.54) is 0 Å². The van der Waals surface area contributed by atoms with E-state index in [1.54, 1.807) is 18.2 Å². The number of esters is 3. The molecule has 9 heteroatoms. The fourth-order valence-corrected chi connectivity index (χ4v) is 4.61. The van der Waals surface area contributed by atoms with Crippen molar-refractivity contribution in [2.45, 2.75) is 99.9 Å². The summed E-state index contributed by atoms with van der Waals surface area (Å²) in [6.45, 7) is 27.6. The van der Waals surface area contributed by atoms with Crippen molar-refractivity contribution >= 4 is 35.3 Å². The molecule has 42 heavy (non-hydrogen) atoms. The van der Waals surface area contributed by atoms with Crippen molar-refractivity contribution in [1.29, 1.82) is 0 Å². The van der Waals surface area contributed by atoms with Gasteiger partial charge in [-0.05, 0) is 19.3 Å². The van der Waals surface area contributed by atoms with E-state index in [2.05, 4.69) is 19.7 Å². The molecule has 3 fully saturated rings. The topological polar surface area (TPSA) is 130 Å². The Balaban J connectivity index is 0.000000315. The number of ketones is 3. The first-order valence-corrected chi connectivity index (χ1v) is 14.2. The number of Topliss-reactive ketones (excluding diaryl/α,β-unsaturated/α-hetero) is 3. The second-order valence-electron chi connectivity index (χ2n) is 14.0. The standard InChI is InChI=1S/3C11H16O3/c3*1-5-6-7-8(12)9(11(2,3)4)14-10(7)13/h3*5,7,9H,1,6H2,2-4H3/t2*7-,9+;7-,9-/m101/s1. The number of hydrogen-bond donors (Lipinski definition) is 0. The summed E-state index contributed by atoms with van der Waals surface area (Å²) >= 11 is 0. The molecule has 0 saturated carbocycles. The highest BCUT2D eigenvalue weighted by atomic mass is 16.6. The monoisotopic (exact) mass is 588 g/mol. The van der Waals surface area contributed by atoms with E-state index < -0.39 is 54.0 Å². The lowest BCUT2D eigenvalue weighted by atomic mass is 9.84. The molecule has 0 unspecified atom stereocenters. The highest BCUT2D eigenvalue weighted by Gasteiger charge is 2.49. The predicted octanol–water partition coefficient (Wildman–Crippen LogP) is 5.16. The zero-order valence-electron chi connectivity index (χ0n) is 26.6. The maximum absolute atomic E-state index is 11.8. The summed E-state index contributed by atoms with van der Waals surface area (Å²) < 4.78 is 15.2. The van der Waals surface area contributed by atoms with Crippen molar-refractivity contribution in [3.63, 3.8) is 0 Å². The van der Waals surface area contributed by atoms with Gasteiger partial charge >= 0.3 is 17.9 Å². The van der Waals surface area contributed by atoms with Gasteiger partial charge in [0, 0.05) is 16.2 Å². The van der Waals surface area contributed by atoms with Gasteiger partial charge in [-0.25, -0.2) is 0 Å². The molecule has 0 amide bonds. The zero-order chi connectivity index (χ0) is 32.8. The number of ether oxygens (including phenoxy) is 3. The third-order valence-corrected chi connectivity index (χ3v) is 6.93. The van der Waals surface area contributed by atoms with Gasteiger partial charge in [0.15, 0.2) is 35.7 Å². The summed E-state index contributed by atoms with van der Waals surface area (Å²) in [6, 6.07) is 0. The van der Waals surface area contributed by atoms with Gasteiger partial charge in [0.2, 0.25) is 0 Å². The van der Waals surface area contributed by atoms with Crippen LogP contribution in [0.2, 0.25) is 0 Å². The summed E-state index contributed by atoms with van der Waals surface area (Å²) in [5.74, 6) is -3.43. The first-order chi connectivity index (χ1) is 19.1. The average molecular weight is 589 g/mol. The summed E-state index contributed by atoms with van der Waals surface area (Å²) in [5, 5.41) is 0. The number of carbonyl (C=O) groups is 6. The molecule has 3 saturated heterocycles. The highest BCUT2D eigenvalue weighted by Crippen LogP contribution is 2.34. The smallest absolute Gasteiger partial charge is 0.317 e. The molecule has 0 radical (unpaired) electrons. The summed E-state index contributed by atoms with van der Waals surface area (Å²) in [4.78, 5) is 69.3. The second kappa shape index (κ2) is 14.2. The largest absolute Gasteiger partial charge is 0.453 e. The van der Waals surface area contributed by atoms with Crippen molar-refractivity contribution < 1.29 is 43.0 Å². The van der Waals surface area contributed by atoms with Crippen molar-refractivity contribution in [3.05, 3.63) is 38.0 Å². The third-order valence-electron chi connectivity index (χ3n) is 6.93. The molecule has 3 rings (SSSR count). The van der Waals surface area contributed by atoms with Crippen LogP contribution in [0.1, 0.15) is 81.6 Å². The Morgan fingerprint density at radius 3 is 0.786 bits per heavy atom. The number of allylic oxidation sites excluding steroid dienone is 3. The van der Waals surface area contributed by atoms with Gasteiger partial charge in [-0.15, -0.1) is 19.7 Å². The maximum atomic E-state index is 11.8. The summed E-state index contributed by atoms with van der Waals surface area (Å²) in [7, 11) is 0. The van der Waals surface area contributed by atoms with Gasteiger partial charge in [-0.3, -0.25) is 28.8 Å². The van der Waals surface area contributed by atoms with Crippen LogP contribution in [-0.2, 0) is 43.0 Å². The van der Waals surface area contributed by atoms with E-state index in [9.17, 15) is 28.8 Å². The van der Waals surface area contributed by atoms with Crippen LogP contribution in [-0.4, -0.2) is 53.6 Å². The fraction of sp³-hybridized carbons (Fsp3) is 0.636. The second-order valence-corrected chi connectivity index (χ2v) is 14.0. The predicted molar refractivity (Wildman–Crippen MR) is 158 cm³/mol. The van der Waals surface area contributed by atoms with Gasteiger partial charge in [0.05, 0.1) is 0 Å². The van der Waals surface area contributed by atoms with Crippen LogP contribution in [0.4, 0.5) is 0 Å². The van der Waals surface area contributed by atoms with Gasteiger partial charge < -0.3 is 14.2 Å². The first-order valence-electron chi connectivity index (χ1n) is 14.2. The summed E-state index contributed by atoms with van der Waals surface area (Å²) in [6.07, 6.45) is 4.08. The lowest BCUT2D eigenvalue weighted by Crippen LogP contribution is -2.33. The van der Waals surface area contributed by atoms with Crippen LogP contribution in [0.15, 0.2) is 38.0 Å². The molecule has 0 aromatic heterocycles. The Morgan fingerprint density at radius 2 is 0.667 bits per heavy atom. The Hall–Kier alpha value is -3.36. The van der Waals surface area contributed by atoms with E-state index in [1.807, 2.05) is 62.3 Å². The highest BCUT2D eigenvalue weighted by molar-refractivity contribution is 6.08. The molecule has 0 aromatic rings. The SMILES string of the molecule is C=CC[C@@H]1C(=O)O[C@@H](C(C)(C)C)C1=O.C=CC[C@H]1C(=O)O[C@@H](C(C)(C)C)C1=O.C=CC[C@H]1C(=O)O[C@H](C(C)(C)C)C1=O. The van der Waals surface area contributed by atoms with Gasteiger partial charge in [-0.2, -0.15) is 0 Å². The van der Waals surface area contributed by atoms with Crippen LogP contribution in [0.25, 0.3) is 0 Å². The number of rotatable bonds is 6. The average Bonchev–Trinajstić information content (AvgIpc) is 3.42. The molecular weight excluding hydrogens is 540 g/mol. The normalized spacial score (nSPS) is 27.6. The molecule has 3 aliphatic rings. The summed E-state index contributed by atoms with van der Waals surface area (Å²) in [5.41, 5.74) is -0.950. The Bertz CT molecular complexity index is 956. The first kappa shape index (κ1) is 36.7. The molecule has 9 nitrogen and oxygen atoms in total. The van der Waals surface area contributed by atoms with Crippen LogP contribution in [0, 0.1) is 34.0 Å². The van der Waals surface area contributed by atoms with Crippen molar-refractivity contribution in [3.8, 4) is 0 Å². The molecule has 0 bridgehead atoms. The number of hydrogen-bond acceptors (Lipinski definition) is 9. The van der Waals surface area contributed by atoms with E-state index in [0.29, 0.717) is 19.3 Å². The van der Waals surface area contributed by atoms with Crippen molar-refractivity contribution in [1.82, 2.24) is 0 Å². The van der Waals surface area contributed by atoms with E-state index >= 15 is 0 Å². The van der Waals surface area contributed by atoms with E-state index in [-0.39, 0.29) is 33.6 Å². The molecule has 3 aliphatic heterocycles. The molecule has 3 heterocycles. The third kappa shape index (κ3) is 9.07. The van der Waals surface area contributed by atoms with Crippen LogP contribution < -0.4 is 0 Å². The fourth-order valence-electron chi connectivity index (χ4n) is 4.61. The quantitative estimate of drug-likeness (QED) is 0.179. The van der Waals surface area contributed by atoms with E-state index in [4.69, 9.17) is 14.2 Å². The van der Waals surface area contributed by atoms with Gasteiger partial charge in [0.25, 0.3) is 0 Å².